The number of hydrogen-bond acceptors (Lipinski definition) is 5. The number of halogens is 1. The third-order valence-electron chi connectivity index (χ3n) is 5.35. The Morgan fingerprint density at radius 2 is 1.81 bits per heavy atom. The number of carbonyl (C=O) groups excluding carboxylic acids is 1. The lowest BCUT2D eigenvalue weighted by molar-refractivity contribution is 0.0778. The van der Waals surface area contributed by atoms with E-state index in [1.165, 1.54) is 6.07 Å². The van der Waals surface area contributed by atoms with Crippen molar-refractivity contribution in [1.29, 1.82) is 0 Å². The molecule has 0 N–H and O–H groups in total. The summed E-state index contributed by atoms with van der Waals surface area (Å²) in [7, 11) is 0. The molecule has 5 rings (SSSR count). The van der Waals surface area contributed by atoms with Gasteiger partial charge in [0.25, 0.3) is 5.91 Å². The van der Waals surface area contributed by atoms with Gasteiger partial charge in [-0.05, 0) is 24.3 Å². The molecule has 1 aromatic carbocycles. The van der Waals surface area contributed by atoms with Crippen LogP contribution in [0.3, 0.4) is 0 Å². The number of amides is 1. The molecule has 2 atom stereocenters. The van der Waals surface area contributed by atoms with Gasteiger partial charge in [0.15, 0.2) is 5.65 Å². The van der Waals surface area contributed by atoms with Gasteiger partial charge in [0.05, 0.1) is 5.56 Å². The van der Waals surface area contributed by atoms with Crippen molar-refractivity contribution in [2.45, 2.75) is 0 Å². The number of benzene rings is 1. The molecule has 132 valence electrons. The van der Waals surface area contributed by atoms with Crippen LogP contribution in [0.25, 0.3) is 5.65 Å². The highest BCUT2D eigenvalue weighted by atomic mass is 19.1. The minimum absolute atomic E-state index is 0.157. The van der Waals surface area contributed by atoms with E-state index in [0.717, 1.165) is 24.6 Å². The summed E-state index contributed by atoms with van der Waals surface area (Å²) < 4.78 is 15.6. The highest BCUT2D eigenvalue weighted by molar-refractivity contribution is 5.94. The molecule has 4 heterocycles. The molecule has 2 unspecified atom stereocenters. The van der Waals surface area contributed by atoms with Crippen molar-refractivity contribution in [3.05, 3.63) is 54.1 Å². The average Bonchev–Trinajstić information content (AvgIpc) is 3.35. The van der Waals surface area contributed by atoms with Crippen molar-refractivity contribution in [2.24, 2.45) is 11.8 Å². The summed E-state index contributed by atoms with van der Waals surface area (Å²) >= 11 is 0. The first kappa shape index (κ1) is 15.2. The molecule has 2 saturated heterocycles. The molecule has 26 heavy (non-hydrogen) atoms. The number of hydrogen-bond donors (Lipinski definition) is 0. The van der Waals surface area contributed by atoms with Crippen LogP contribution < -0.4 is 4.90 Å². The summed E-state index contributed by atoms with van der Waals surface area (Å²) in [6.45, 7) is 2.99. The number of fused-ring (bicyclic) bond motifs is 2. The van der Waals surface area contributed by atoms with E-state index in [0.29, 0.717) is 24.9 Å². The van der Waals surface area contributed by atoms with Crippen LogP contribution in [0.4, 0.5) is 10.2 Å². The van der Waals surface area contributed by atoms with Gasteiger partial charge in [-0.25, -0.2) is 4.39 Å². The standard InChI is InChI=1S/C18H17FN6O/c19-15-4-2-1-3-14(15)18(26)24-9-12-7-23(8-13(12)10-24)17-6-5-16-21-20-11-25(16)22-17/h1-6,11-13H,7-10H2. The zero-order valence-corrected chi connectivity index (χ0v) is 14.0. The molecular formula is C18H17FN6O. The molecule has 0 spiro atoms. The monoisotopic (exact) mass is 352 g/mol. The van der Waals surface area contributed by atoms with Crippen molar-refractivity contribution in [3.8, 4) is 0 Å². The van der Waals surface area contributed by atoms with Gasteiger partial charge in [-0.15, -0.1) is 15.3 Å². The Labute approximate surface area is 149 Å². The zero-order valence-electron chi connectivity index (χ0n) is 14.0. The molecule has 0 radical (unpaired) electrons. The topological polar surface area (TPSA) is 66.6 Å². The van der Waals surface area contributed by atoms with Crippen LogP contribution in [0, 0.1) is 17.7 Å². The number of carbonyl (C=O) groups is 1. The molecule has 0 bridgehead atoms. The van der Waals surface area contributed by atoms with Crippen LogP contribution in [0.5, 0.6) is 0 Å². The second-order valence-electron chi connectivity index (χ2n) is 6.94. The predicted octanol–water partition coefficient (Wildman–Crippen LogP) is 1.47. The Bertz CT molecular complexity index is 974. The highest BCUT2D eigenvalue weighted by Gasteiger charge is 2.42. The van der Waals surface area contributed by atoms with Crippen LogP contribution in [0.1, 0.15) is 10.4 Å². The second-order valence-corrected chi connectivity index (χ2v) is 6.94. The van der Waals surface area contributed by atoms with E-state index in [4.69, 9.17) is 0 Å². The Morgan fingerprint density at radius 3 is 2.58 bits per heavy atom. The number of aromatic nitrogens is 4. The largest absolute Gasteiger partial charge is 0.354 e. The molecule has 2 fully saturated rings. The minimum Gasteiger partial charge on any atom is -0.354 e. The average molecular weight is 352 g/mol. The summed E-state index contributed by atoms with van der Waals surface area (Å²) in [6.07, 6.45) is 1.59. The Hall–Kier alpha value is -3.03. The van der Waals surface area contributed by atoms with Crippen molar-refractivity contribution in [3.63, 3.8) is 0 Å². The smallest absolute Gasteiger partial charge is 0.256 e. The highest BCUT2D eigenvalue weighted by Crippen LogP contribution is 2.34. The third kappa shape index (κ3) is 2.40. The lowest BCUT2D eigenvalue weighted by Crippen LogP contribution is -2.34. The van der Waals surface area contributed by atoms with Crippen molar-refractivity contribution in [1.82, 2.24) is 24.7 Å². The first-order chi connectivity index (χ1) is 12.7. The lowest BCUT2D eigenvalue weighted by atomic mass is 10.0. The van der Waals surface area contributed by atoms with E-state index in [-0.39, 0.29) is 11.5 Å². The number of nitrogens with zero attached hydrogens (tertiary/aromatic N) is 6. The van der Waals surface area contributed by atoms with E-state index in [2.05, 4.69) is 20.2 Å². The van der Waals surface area contributed by atoms with E-state index < -0.39 is 5.82 Å². The summed E-state index contributed by atoms with van der Waals surface area (Å²) in [5.41, 5.74) is 0.874. The summed E-state index contributed by atoms with van der Waals surface area (Å²) in [5, 5.41) is 12.4. The third-order valence-corrected chi connectivity index (χ3v) is 5.35. The normalized spacial score (nSPS) is 22.2. The second kappa shape index (κ2) is 5.76. The first-order valence-corrected chi connectivity index (χ1v) is 8.65. The molecule has 3 aromatic rings. The van der Waals surface area contributed by atoms with Gasteiger partial charge < -0.3 is 9.80 Å². The minimum atomic E-state index is -0.456. The molecular weight excluding hydrogens is 335 g/mol. The van der Waals surface area contributed by atoms with E-state index in [1.807, 2.05) is 12.1 Å². The first-order valence-electron chi connectivity index (χ1n) is 8.65. The van der Waals surface area contributed by atoms with Gasteiger partial charge in [0.2, 0.25) is 0 Å². The lowest BCUT2D eigenvalue weighted by Gasteiger charge is -2.22. The van der Waals surface area contributed by atoms with Crippen LogP contribution in [0.2, 0.25) is 0 Å². The number of rotatable bonds is 2. The molecule has 1 amide bonds. The van der Waals surface area contributed by atoms with Gasteiger partial charge >= 0.3 is 0 Å². The molecule has 2 aromatic heterocycles. The van der Waals surface area contributed by atoms with Gasteiger partial charge in [0.1, 0.15) is 18.0 Å². The van der Waals surface area contributed by atoms with Gasteiger partial charge in [0, 0.05) is 38.0 Å². The maximum absolute atomic E-state index is 13.9. The summed E-state index contributed by atoms with van der Waals surface area (Å²) in [4.78, 5) is 16.6. The fourth-order valence-corrected chi connectivity index (χ4v) is 4.04. The maximum atomic E-state index is 13.9. The van der Waals surface area contributed by atoms with Crippen LogP contribution in [-0.2, 0) is 0 Å². The molecule has 8 heteroatoms. The Kier molecular flexibility index (Phi) is 3.37. The summed E-state index contributed by atoms with van der Waals surface area (Å²) in [6, 6.07) is 10.0. The van der Waals surface area contributed by atoms with Crippen LogP contribution in [0.15, 0.2) is 42.7 Å². The number of likely N-dealkylation sites (tertiary alicyclic amines) is 1. The SMILES string of the molecule is O=C(c1ccccc1F)N1CC2CN(c3ccc4nncn4n3)CC2C1. The molecule has 2 aliphatic heterocycles. The zero-order chi connectivity index (χ0) is 17.7. The van der Waals surface area contributed by atoms with Crippen molar-refractivity contribution < 1.29 is 9.18 Å². The van der Waals surface area contributed by atoms with Gasteiger partial charge in [-0.1, -0.05) is 12.1 Å². The van der Waals surface area contributed by atoms with E-state index >= 15 is 0 Å². The Morgan fingerprint density at radius 1 is 1.04 bits per heavy atom. The van der Waals surface area contributed by atoms with Crippen LogP contribution >= 0.6 is 0 Å². The van der Waals surface area contributed by atoms with Crippen molar-refractivity contribution in [2.75, 3.05) is 31.1 Å². The fourth-order valence-electron chi connectivity index (χ4n) is 4.04. The van der Waals surface area contributed by atoms with E-state index in [9.17, 15) is 9.18 Å². The molecule has 0 saturated carbocycles. The van der Waals surface area contributed by atoms with Gasteiger partial charge in [-0.2, -0.15) is 4.52 Å². The Balaban J connectivity index is 1.30. The van der Waals surface area contributed by atoms with Crippen molar-refractivity contribution >= 4 is 17.4 Å². The summed E-state index contributed by atoms with van der Waals surface area (Å²) in [5.74, 6) is 0.975. The quantitative estimate of drug-likeness (QED) is 0.699. The fraction of sp³-hybridized carbons (Fsp3) is 0.333. The molecule has 0 aliphatic carbocycles. The maximum Gasteiger partial charge on any atom is 0.256 e. The predicted molar refractivity (Wildman–Crippen MR) is 92.3 cm³/mol. The van der Waals surface area contributed by atoms with Gasteiger partial charge in [-0.3, -0.25) is 4.79 Å². The number of anilines is 1. The molecule has 2 aliphatic rings. The molecule has 7 nitrogen and oxygen atoms in total. The van der Waals surface area contributed by atoms with Crippen LogP contribution in [-0.4, -0.2) is 56.8 Å². The van der Waals surface area contributed by atoms with E-state index in [1.54, 1.807) is 33.9 Å².